The lowest BCUT2D eigenvalue weighted by Crippen LogP contribution is -2.33. The molecule has 0 aromatic heterocycles. The molecule has 0 aliphatic heterocycles. The molecule has 1 atom stereocenters. The number of nitro groups is 1. The number of benzene rings is 1. The van der Waals surface area contributed by atoms with Crippen molar-refractivity contribution in [3.05, 3.63) is 38.3 Å². The fraction of sp³-hybridized carbons (Fsp3) is 0.333. The number of hydrogen-bond acceptors (Lipinski definition) is 5. The lowest BCUT2D eigenvalue weighted by molar-refractivity contribution is -0.385. The third kappa shape index (κ3) is 2.90. The maximum Gasteiger partial charge on any atom is 0.331 e. The largest absolute Gasteiger partial charge is 0.465 e. The van der Waals surface area contributed by atoms with Crippen LogP contribution in [0, 0.1) is 21.4 Å². The number of hydrogen-bond donors (Lipinski definition) is 0. The van der Waals surface area contributed by atoms with Crippen LogP contribution in [-0.2, 0) is 14.9 Å². The minimum absolute atomic E-state index is 0.00725. The molecule has 1 unspecified atom stereocenters. The van der Waals surface area contributed by atoms with Gasteiger partial charge in [0, 0.05) is 10.5 Å². The third-order valence-electron chi connectivity index (χ3n) is 2.60. The van der Waals surface area contributed by atoms with Gasteiger partial charge < -0.3 is 4.74 Å². The van der Waals surface area contributed by atoms with Crippen LogP contribution in [0.1, 0.15) is 19.4 Å². The van der Waals surface area contributed by atoms with Gasteiger partial charge in [-0.05, 0) is 26.0 Å². The summed E-state index contributed by atoms with van der Waals surface area (Å²) in [6.45, 7) is 3.00. The molecular weight excluding hydrogens is 316 g/mol. The number of nitrogens with zero attached hydrogens (tertiary/aromatic N) is 2. The van der Waals surface area contributed by atoms with E-state index in [4.69, 9.17) is 4.74 Å². The highest BCUT2D eigenvalue weighted by atomic mass is 79.9. The Morgan fingerprint density at radius 2 is 2.26 bits per heavy atom. The molecule has 0 saturated heterocycles. The van der Waals surface area contributed by atoms with E-state index >= 15 is 0 Å². The standard InChI is InChI=1S/C12H11BrN2O4/c1-3-19-11(16)12(2,7-14)9-6-8(13)4-5-10(9)15(17)18/h4-6H,3H2,1-2H3. The van der Waals surface area contributed by atoms with Crippen molar-refractivity contribution in [1.29, 1.82) is 5.26 Å². The van der Waals surface area contributed by atoms with Gasteiger partial charge in [-0.3, -0.25) is 10.1 Å². The molecule has 0 aliphatic rings. The predicted octanol–water partition coefficient (Wildman–Crippen LogP) is 2.70. The lowest BCUT2D eigenvalue weighted by Gasteiger charge is -2.19. The Kier molecular flexibility index (Phi) is 4.62. The summed E-state index contributed by atoms with van der Waals surface area (Å²) < 4.78 is 5.37. The number of ether oxygens (including phenoxy) is 1. The van der Waals surface area contributed by atoms with E-state index in [1.54, 1.807) is 13.0 Å². The Morgan fingerprint density at radius 1 is 1.63 bits per heavy atom. The summed E-state index contributed by atoms with van der Waals surface area (Å²) in [5.41, 5.74) is -2.00. The monoisotopic (exact) mass is 326 g/mol. The van der Waals surface area contributed by atoms with E-state index in [1.807, 2.05) is 0 Å². The van der Waals surface area contributed by atoms with Crippen molar-refractivity contribution in [2.45, 2.75) is 19.3 Å². The van der Waals surface area contributed by atoms with Crippen molar-refractivity contribution in [3.63, 3.8) is 0 Å². The Morgan fingerprint density at radius 3 is 2.74 bits per heavy atom. The van der Waals surface area contributed by atoms with Crippen LogP contribution in [0.3, 0.4) is 0 Å². The van der Waals surface area contributed by atoms with E-state index in [2.05, 4.69) is 15.9 Å². The van der Waals surface area contributed by atoms with Gasteiger partial charge in [0.25, 0.3) is 5.69 Å². The number of halogens is 1. The van der Waals surface area contributed by atoms with Crippen LogP contribution in [0.15, 0.2) is 22.7 Å². The van der Waals surface area contributed by atoms with Crippen molar-refractivity contribution in [2.24, 2.45) is 0 Å². The number of rotatable bonds is 4. The molecule has 0 aliphatic carbocycles. The first-order chi connectivity index (χ1) is 8.86. The average Bonchev–Trinajstić information content (AvgIpc) is 2.37. The minimum Gasteiger partial charge on any atom is -0.465 e. The summed E-state index contributed by atoms with van der Waals surface area (Å²) in [5, 5.41) is 20.2. The van der Waals surface area contributed by atoms with Crippen LogP contribution in [0.2, 0.25) is 0 Å². The third-order valence-corrected chi connectivity index (χ3v) is 3.09. The number of carbonyl (C=O) groups is 1. The van der Waals surface area contributed by atoms with E-state index in [0.717, 1.165) is 0 Å². The van der Waals surface area contributed by atoms with Crippen molar-refractivity contribution in [3.8, 4) is 6.07 Å². The van der Waals surface area contributed by atoms with Crippen LogP contribution in [-0.4, -0.2) is 17.5 Å². The van der Waals surface area contributed by atoms with Gasteiger partial charge in [-0.25, -0.2) is 4.79 Å². The minimum atomic E-state index is -1.72. The molecule has 0 spiro atoms. The first-order valence-corrected chi connectivity index (χ1v) is 6.19. The smallest absolute Gasteiger partial charge is 0.331 e. The van der Waals surface area contributed by atoms with E-state index in [9.17, 15) is 20.2 Å². The fourth-order valence-corrected chi connectivity index (χ4v) is 1.92. The molecule has 1 rings (SSSR count). The fourth-order valence-electron chi connectivity index (χ4n) is 1.56. The molecule has 19 heavy (non-hydrogen) atoms. The zero-order valence-electron chi connectivity index (χ0n) is 10.3. The summed E-state index contributed by atoms with van der Waals surface area (Å²) in [6, 6.07) is 5.91. The van der Waals surface area contributed by atoms with Crippen LogP contribution in [0.25, 0.3) is 0 Å². The highest BCUT2D eigenvalue weighted by Crippen LogP contribution is 2.34. The average molecular weight is 327 g/mol. The molecule has 0 saturated carbocycles. The van der Waals surface area contributed by atoms with Gasteiger partial charge in [0.05, 0.1) is 23.2 Å². The van der Waals surface area contributed by atoms with Gasteiger partial charge >= 0.3 is 5.97 Å². The highest BCUT2D eigenvalue weighted by Gasteiger charge is 2.42. The van der Waals surface area contributed by atoms with E-state index in [-0.39, 0.29) is 17.9 Å². The second-order valence-corrected chi connectivity index (χ2v) is 4.79. The predicted molar refractivity (Wildman–Crippen MR) is 70.4 cm³/mol. The Labute approximate surface area is 118 Å². The van der Waals surface area contributed by atoms with Crippen LogP contribution in [0.4, 0.5) is 5.69 Å². The zero-order chi connectivity index (χ0) is 14.6. The summed E-state index contributed by atoms with van der Waals surface area (Å²) >= 11 is 3.17. The van der Waals surface area contributed by atoms with Gasteiger partial charge in [0.15, 0.2) is 5.41 Å². The van der Waals surface area contributed by atoms with Crippen molar-refractivity contribution in [2.75, 3.05) is 6.61 Å². The molecule has 0 heterocycles. The lowest BCUT2D eigenvalue weighted by atomic mass is 9.83. The Bertz CT molecular complexity index is 567. The van der Waals surface area contributed by atoms with E-state index in [0.29, 0.717) is 4.47 Å². The molecule has 0 amide bonds. The van der Waals surface area contributed by atoms with E-state index in [1.165, 1.54) is 25.1 Å². The maximum atomic E-state index is 11.9. The second-order valence-electron chi connectivity index (χ2n) is 3.88. The topological polar surface area (TPSA) is 93.2 Å². The molecule has 100 valence electrons. The van der Waals surface area contributed by atoms with Gasteiger partial charge in [-0.2, -0.15) is 5.26 Å². The quantitative estimate of drug-likeness (QED) is 0.481. The van der Waals surface area contributed by atoms with E-state index < -0.39 is 16.3 Å². The maximum absolute atomic E-state index is 11.9. The van der Waals surface area contributed by atoms with Gasteiger partial charge in [-0.1, -0.05) is 15.9 Å². The van der Waals surface area contributed by atoms with Gasteiger partial charge in [0.2, 0.25) is 0 Å². The Balaban J connectivity index is 3.48. The molecule has 0 fully saturated rings. The Hall–Kier alpha value is -1.94. The molecule has 1 aromatic rings. The number of esters is 1. The first kappa shape index (κ1) is 15.1. The second kappa shape index (κ2) is 5.80. The first-order valence-electron chi connectivity index (χ1n) is 5.39. The number of carbonyl (C=O) groups excluding carboxylic acids is 1. The normalized spacial score (nSPS) is 13.2. The molecule has 0 N–H and O–H groups in total. The summed E-state index contributed by atoms with van der Waals surface area (Å²) in [6.07, 6.45) is 0. The van der Waals surface area contributed by atoms with Crippen LogP contribution < -0.4 is 0 Å². The molecule has 1 aromatic carbocycles. The molecule has 0 radical (unpaired) electrons. The molecule has 0 bridgehead atoms. The summed E-state index contributed by atoms with van der Waals surface area (Å²) in [4.78, 5) is 22.3. The van der Waals surface area contributed by atoms with Gasteiger partial charge in [0.1, 0.15) is 0 Å². The number of nitro benzene ring substituents is 1. The SMILES string of the molecule is CCOC(=O)C(C)(C#N)c1cc(Br)ccc1[N+](=O)[O-]. The van der Waals surface area contributed by atoms with Crippen LogP contribution in [0.5, 0.6) is 0 Å². The zero-order valence-corrected chi connectivity index (χ0v) is 11.9. The summed E-state index contributed by atoms with van der Waals surface area (Å²) in [7, 11) is 0. The van der Waals surface area contributed by atoms with Gasteiger partial charge in [-0.15, -0.1) is 0 Å². The highest BCUT2D eigenvalue weighted by molar-refractivity contribution is 9.10. The molecule has 7 heteroatoms. The summed E-state index contributed by atoms with van der Waals surface area (Å²) in [5.74, 6) is -0.807. The molecule has 6 nitrogen and oxygen atoms in total. The van der Waals surface area contributed by atoms with Crippen molar-refractivity contribution in [1.82, 2.24) is 0 Å². The van der Waals surface area contributed by atoms with Crippen LogP contribution >= 0.6 is 15.9 Å². The number of nitriles is 1. The van der Waals surface area contributed by atoms with Crippen molar-refractivity contribution < 1.29 is 14.5 Å². The molecular formula is C12H11BrN2O4. The van der Waals surface area contributed by atoms with Crippen molar-refractivity contribution >= 4 is 27.6 Å².